The minimum absolute atomic E-state index is 0.103. The number of benzene rings is 3. The quantitative estimate of drug-likeness (QED) is 0.413. The standard InChI is InChI=1S/C23H20Cl2N2O2S/c1-15-2-7-19(13-21(15)25)27-23(29)14-30-20-10-8-18(9-11-20)26-22(28)12-16-3-5-17(24)6-4-16/h2-11,13H,12,14H2,1H3,(H,26,28)(H,27,29). The van der Waals surface area contributed by atoms with Crippen LogP contribution in [0.4, 0.5) is 11.4 Å². The van der Waals surface area contributed by atoms with Crippen LogP contribution in [-0.4, -0.2) is 17.6 Å². The van der Waals surface area contributed by atoms with E-state index >= 15 is 0 Å². The van der Waals surface area contributed by atoms with E-state index in [9.17, 15) is 9.59 Å². The maximum Gasteiger partial charge on any atom is 0.234 e. The first-order valence-electron chi connectivity index (χ1n) is 9.22. The summed E-state index contributed by atoms with van der Waals surface area (Å²) in [5, 5.41) is 6.96. The summed E-state index contributed by atoms with van der Waals surface area (Å²) in [6.45, 7) is 1.91. The van der Waals surface area contributed by atoms with Crippen molar-refractivity contribution in [1.82, 2.24) is 0 Å². The maximum atomic E-state index is 12.2. The number of aryl methyl sites for hydroxylation is 1. The molecule has 0 saturated carbocycles. The van der Waals surface area contributed by atoms with Gasteiger partial charge in [0, 0.05) is 26.3 Å². The third-order valence-corrected chi connectivity index (χ3v) is 5.91. The highest BCUT2D eigenvalue weighted by molar-refractivity contribution is 8.00. The van der Waals surface area contributed by atoms with E-state index in [-0.39, 0.29) is 24.0 Å². The number of hydrogen-bond donors (Lipinski definition) is 2. The van der Waals surface area contributed by atoms with Gasteiger partial charge in [-0.2, -0.15) is 0 Å². The Morgan fingerprint density at radius 3 is 2.13 bits per heavy atom. The van der Waals surface area contributed by atoms with Gasteiger partial charge in [0.05, 0.1) is 12.2 Å². The predicted molar refractivity (Wildman–Crippen MR) is 126 cm³/mol. The molecule has 4 nitrogen and oxygen atoms in total. The summed E-state index contributed by atoms with van der Waals surface area (Å²) in [4.78, 5) is 25.3. The predicted octanol–water partition coefficient (Wildman–Crippen LogP) is 6.21. The Kier molecular flexibility index (Phi) is 7.80. The van der Waals surface area contributed by atoms with Gasteiger partial charge in [0.2, 0.25) is 11.8 Å². The fraction of sp³-hybridized carbons (Fsp3) is 0.130. The van der Waals surface area contributed by atoms with E-state index < -0.39 is 0 Å². The SMILES string of the molecule is Cc1ccc(NC(=O)CSc2ccc(NC(=O)Cc3ccc(Cl)cc3)cc2)cc1Cl. The fourth-order valence-electron chi connectivity index (χ4n) is 2.64. The molecule has 0 saturated heterocycles. The Labute approximate surface area is 190 Å². The second-order valence-corrected chi connectivity index (χ2v) is 8.57. The third-order valence-electron chi connectivity index (χ3n) is 4.24. The molecule has 0 spiro atoms. The highest BCUT2D eigenvalue weighted by Crippen LogP contribution is 2.23. The molecule has 0 radical (unpaired) electrons. The number of thioether (sulfide) groups is 1. The van der Waals surface area contributed by atoms with Gasteiger partial charge in [-0.15, -0.1) is 11.8 Å². The second kappa shape index (κ2) is 10.5. The summed E-state index contributed by atoms with van der Waals surface area (Å²) in [6, 6.07) is 20.0. The normalized spacial score (nSPS) is 10.5. The van der Waals surface area contributed by atoms with Crippen molar-refractivity contribution in [2.24, 2.45) is 0 Å². The van der Waals surface area contributed by atoms with Crippen LogP contribution in [0.15, 0.2) is 71.6 Å². The lowest BCUT2D eigenvalue weighted by Gasteiger charge is -2.08. The lowest BCUT2D eigenvalue weighted by atomic mass is 10.1. The number of amides is 2. The molecule has 2 N–H and O–H groups in total. The molecule has 3 rings (SSSR count). The van der Waals surface area contributed by atoms with Gasteiger partial charge in [-0.3, -0.25) is 9.59 Å². The Morgan fingerprint density at radius 1 is 0.833 bits per heavy atom. The minimum atomic E-state index is -0.111. The first-order chi connectivity index (χ1) is 14.4. The van der Waals surface area contributed by atoms with Crippen LogP contribution in [0.25, 0.3) is 0 Å². The van der Waals surface area contributed by atoms with Gasteiger partial charge in [0.1, 0.15) is 0 Å². The van der Waals surface area contributed by atoms with Crippen molar-refractivity contribution in [2.45, 2.75) is 18.2 Å². The Balaban J connectivity index is 1.46. The molecular weight excluding hydrogens is 439 g/mol. The van der Waals surface area contributed by atoms with E-state index in [1.807, 2.05) is 55.5 Å². The minimum Gasteiger partial charge on any atom is -0.326 e. The molecule has 3 aromatic carbocycles. The molecule has 3 aromatic rings. The number of hydrogen-bond acceptors (Lipinski definition) is 3. The molecule has 0 aromatic heterocycles. The molecule has 0 atom stereocenters. The van der Waals surface area contributed by atoms with E-state index in [1.54, 1.807) is 18.2 Å². The number of carbonyl (C=O) groups excluding carboxylic acids is 2. The summed E-state index contributed by atoms with van der Waals surface area (Å²) < 4.78 is 0. The summed E-state index contributed by atoms with van der Waals surface area (Å²) in [6.07, 6.45) is 0.275. The largest absolute Gasteiger partial charge is 0.326 e. The summed E-state index contributed by atoms with van der Waals surface area (Å²) in [7, 11) is 0. The number of nitrogens with one attached hydrogen (secondary N) is 2. The van der Waals surface area contributed by atoms with Crippen molar-refractivity contribution in [3.63, 3.8) is 0 Å². The molecule has 0 unspecified atom stereocenters. The van der Waals surface area contributed by atoms with Crippen LogP contribution in [0, 0.1) is 6.92 Å². The molecule has 0 fully saturated rings. The van der Waals surface area contributed by atoms with Crippen molar-refractivity contribution >= 4 is 58.2 Å². The molecule has 30 heavy (non-hydrogen) atoms. The fourth-order valence-corrected chi connectivity index (χ4v) is 3.65. The van der Waals surface area contributed by atoms with Crippen molar-refractivity contribution in [2.75, 3.05) is 16.4 Å². The number of halogens is 2. The number of anilines is 2. The van der Waals surface area contributed by atoms with E-state index in [2.05, 4.69) is 10.6 Å². The average molecular weight is 459 g/mol. The van der Waals surface area contributed by atoms with Gasteiger partial charge in [-0.25, -0.2) is 0 Å². The smallest absolute Gasteiger partial charge is 0.234 e. The number of rotatable bonds is 7. The summed E-state index contributed by atoms with van der Waals surface area (Å²) >= 11 is 13.4. The van der Waals surface area contributed by atoms with E-state index in [4.69, 9.17) is 23.2 Å². The first kappa shape index (κ1) is 22.2. The Hall–Kier alpha value is -2.47. The monoisotopic (exact) mass is 458 g/mol. The molecule has 0 aliphatic carbocycles. The van der Waals surface area contributed by atoms with Crippen LogP contribution in [0.1, 0.15) is 11.1 Å². The molecule has 7 heteroatoms. The molecule has 0 heterocycles. The lowest BCUT2D eigenvalue weighted by molar-refractivity contribution is -0.115. The zero-order valence-corrected chi connectivity index (χ0v) is 18.6. The number of carbonyl (C=O) groups is 2. The summed E-state index contributed by atoms with van der Waals surface area (Å²) in [5.74, 6) is 0.0578. The van der Waals surface area contributed by atoms with Crippen molar-refractivity contribution in [3.05, 3.63) is 87.9 Å². The van der Waals surface area contributed by atoms with E-state index in [0.29, 0.717) is 21.4 Å². The second-order valence-electron chi connectivity index (χ2n) is 6.68. The highest BCUT2D eigenvalue weighted by Gasteiger charge is 2.07. The summed E-state index contributed by atoms with van der Waals surface area (Å²) in [5.41, 5.74) is 3.24. The Morgan fingerprint density at radius 2 is 1.47 bits per heavy atom. The van der Waals surface area contributed by atoms with Gasteiger partial charge in [-0.05, 0) is 66.6 Å². The lowest BCUT2D eigenvalue weighted by Crippen LogP contribution is -2.14. The molecular formula is C23H20Cl2N2O2S. The van der Waals surface area contributed by atoms with Crippen LogP contribution in [0.3, 0.4) is 0 Å². The van der Waals surface area contributed by atoms with Gasteiger partial charge >= 0.3 is 0 Å². The zero-order valence-electron chi connectivity index (χ0n) is 16.2. The Bertz CT molecular complexity index is 1040. The van der Waals surface area contributed by atoms with Gasteiger partial charge in [-0.1, -0.05) is 41.4 Å². The van der Waals surface area contributed by atoms with Crippen LogP contribution in [-0.2, 0) is 16.0 Å². The van der Waals surface area contributed by atoms with Crippen LogP contribution in [0.2, 0.25) is 10.0 Å². The third kappa shape index (κ3) is 6.80. The van der Waals surface area contributed by atoms with Crippen molar-refractivity contribution in [3.8, 4) is 0 Å². The van der Waals surface area contributed by atoms with Crippen molar-refractivity contribution in [1.29, 1.82) is 0 Å². The van der Waals surface area contributed by atoms with Crippen LogP contribution in [0.5, 0.6) is 0 Å². The topological polar surface area (TPSA) is 58.2 Å². The van der Waals surface area contributed by atoms with Crippen LogP contribution >= 0.6 is 35.0 Å². The molecule has 0 bridgehead atoms. The molecule has 0 aliphatic heterocycles. The van der Waals surface area contributed by atoms with Gasteiger partial charge in [0.15, 0.2) is 0 Å². The van der Waals surface area contributed by atoms with E-state index in [0.717, 1.165) is 16.0 Å². The van der Waals surface area contributed by atoms with Crippen LogP contribution < -0.4 is 10.6 Å². The average Bonchev–Trinajstić information content (AvgIpc) is 2.72. The molecule has 2 amide bonds. The van der Waals surface area contributed by atoms with Crippen molar-refractivity contribution < 1.29 is 9.59 Å². The zero-order chi connectivity index (χ0) is 21.5. The molecule has 0 aliphatic rings. The molecule has 154 valence electrons. The van der Waals surface area contributed by atoms with Gasteiger partial charge < -0.3 is 10.6 Å². The first-order valence-corrected chi connectivity index (χ1v) is 11.0. The van der Waals surface area contributed by atoms with E-state index in [1.165, 1.54) is 11.8 Å². The maximum absolute atomic E-state index is 12.2. The van der Waals surface area contributed by atoms with Gasteiger partial charge in [0.25, 0.3) is 0 Å². The highest BCUT2D eigenvalue weighted by atomic mass is 35.5.